The van der Waals surface area contributed by atoms with Crippen molar-refractivity contribution in [1.29, 1.82) is 0 Å². The van der Waals surface area contributed by atoms with Gasteiger partial charge in [-0.25, -0.2) is 0 Å². The second-order valence-electron chi connectivity index (χ2n) is 4.72. The molecule has 0 radical (unpaired) electrons. The Balaban J connectivity index is 2.51. The smallest absolute Gasteiger partial charge is 0.250 e. The van der Waals surface area contributed by atoms with Crippen LogP contribution in [0.3, 0.4) is 0 Å². The van der Waals surface area contributed by atoms with Crippen molar-refractivity contribution in [2.24, 2.45) is 5.73 Å². The van der Waals surface area contributed by atoms with Gasteiger partial charge in [-0.2, -0.15) is 0 Å². The minimum Gasteiger partial charge on any atom is -0.399 e. The third-order valence-electron chi connectivity index (χ3n) is 3.24. The highest BCUT2D eigenvalue weighted by Crippen LogP contribution is 2.29. The highest BCUT2D eigenvalue weighted by molar-refractivity contribution is 6.00. The van der Waals surface area contributed by atoms with E-state index in [2.05, 4.69) is 0 Å². The van der Waals surface area contributed by atoms with E-state index < -0.39 is 5.91 Å². The van der Waals surface area contributed by atoms with Crippen molar-refractivity contribution < 1.29 is 4.79 Å². The van der Waals surface area contributed by atoms with Crippen LogP contribution in [0.25, 0.3) is 0 Å². The number of nitrogen functional groups attached to an aromatic ring is 1. The molecule has 104 valence electrons. The van der Waals surface area contributed by atoms with E-state index in [9.17, 15) is 4.79 Å². The molecule has 0 fully saturated rings. The molecule has 0 aliphatic heterocycles. The van der Waals surface area contributed by atoms with E-state index in [-0.39, 0.29) is 0 Å². The Morgan fingerprint density at radius 1 is 1.15 bits per heavy atom. The lowest BCUT2D eigenvalue weighted by Crippen LogP contribution is -2.22. The standard InChI is InChI=1S/C16H19N3O/c1-3-19(13-7-4-11(2)5-8-13)15-9-6-12(17)10-14(15)16(18)20/h4-10H,3,17H2,1-2H3,(H2,18,20). The molecule has 0 aliphatic carbocycles. The molecule has 0 aliphatic rings. The Morgan fingerprint density at radius 2 is 1.80 bits per heavy atom. The molecule has 1 amide bonds. The minimum absolute atomic E-state index is 0.437. The molecule has 0 saturated carbocycles. The van der Waals surface area contributed by atoms with E-state index in [0.717, 1.165) is 17.9 Å². The maximum atomic E-state index is 11.6. The number of anilines is 3. The summed E-state index contributed by atoms with van der Waals surface area (Å²) in [5, 5.41) is 0. The van der Waals surface area contributed by atoms with Gasteiger partial charge < -0.3 is 16.4 Å². The Bertz CT molecular complexity index is 620. The molecule has 20 heavy (non-hydrogen) atoms. The number of carbonyl (C=O) groups excluding carboxylic acids is 1. The first kappa shape index (κ1) is 13.9. The summed E-state index contributed by atoms with van der Waals surface area (Å²) in [5.74, 6) is -0.474. The first-order valence-electron chi connectivity index (χ1n) is 6.56. The summed E-state index contributed by atoms with van der Waals surface area (Å²) in [7, 11) is 0. The van der Waals surface area contributed by atoms with Gasteiger partial charge in [0.2, 0.25) is 0 Å². The lowest BCUT2D eigenvalue weighted by atomic mass is 10.1. The van der Waals surface area contributed by atoms with E-state index in [1.165, 1.54) is 5.56 Å². The van der Waals surface area contributed by atoms with Crippen molar-refractivity contribution in [2.75, 3.05) is 17.2 Å². The van der Waals surface area contributed by atoms with Crippen LogP contribution >= 0.6 is 0 Å². The van der Waals surface area contributed by atoms with Gasteiger partial charge in [0.15, 0.2) is 0 Å². The van der Waals surface area contributed by atoms with Crippen molar-refractivity contribution in [3.8, 4) is 0 Å². The van der Waals surface area contributed by atoms with E-state index >= 15 is 0 Å². The van der Waals surface area contributed by atoms with Gasteiger partial charge in [0.05, 0.1) is 11.3 Å². The summed E-state index contributed by atoms with van der Waals surface area (Å²) in [4.78, 5) is 13.7. The zero-order valence-electron chi connectivity index (χ0n) is 11.8. The summed E-state index contributed by atoms with van der Waals surface area (Å²) in [5.41, 5.74) is 15.2. The topological polar surface area (TPSA) is 72.3 Å². The van der Waals surface area contributed by atoms with Crippen LogP contribution < -0.4 is 16.4 Å². The summed E-state index contributed by atoms with van der Waals surface area (Å²) in [6, 6.07) is 13.4. The molecule has 0 unspecified atom stereocenters. The maximum absolute atomic E-state index is 11.6. The minimum atomic E-state index is -0.474. The Labute approximate surface area is 119 Å². The van der Waals surface area contributed by atoms with Crippen LogP contribution in [0.15, 0.2) is 42.5 Å². The Hall–Kier alpha value is -2.49. The van der Waals surface area contributed by atoms with Crippen LogP contribution in [0.1, 0.15) is 22.8 Å². The van der Waals surface area contributed by atoms with Gasteiger partial charge in [-0.3, -0.25) is 4.79 Å². The zero-order chi connectivity index (χ0) is 14.7. The molecule has 0 bridgehead atoms. The molecule has 2 aromatic carbocycles. The third-order valence-corrected chi connectivity index (χ3v) is 3.24. The fourth-order valence-corrected chi connectivity index (χ4v) is 2.20. The largest absolute Gasteiger partial charge is 0.399 e. The number of primary amides is 1. The summed E-state index contributed by atoms with van der Waals surface area (Å²) >= 11 is 0. The first-order chi connectivity index (χ1) is 9.52. The lowest BCUT2D eigenvalue weighted by molar-refractivity contribution is 0.100. The fraction of sp³-hybridized carbons (Fsp3) is 0.188. The van der Waals surface area contributed by atoms with Gasteiger partial charge in [-0.15, -0.1) is 0 Å². The summed E-state index contributed by atoms with van der Waals surface area (Å²) < 4.78 is 0. The van der Waals surface area contributed by atoms with Crippen molar-refractivity contribution in [1.82, 2.24) is 0 Å². The molecule has 4 N–H and O–H groups in total. The third kappa shape index (κ3) is 2.74. The highest BCUT2D eigenvalue weighted by Gasteiger charge is 2.15. The van der Waals surface area contributed by atoms with E-state index in [4.69, 9.17) is 11.5 Å². The van der Waals surface area contributed by atoms with E-state index in [0.29, 0.717) is 11.3 Å². The molecule has 0 aromatic heterocycles. The molecule has 2 aromatic rings. The molecular weight excluding hydrogens is 250 g/mol. The van der Waals surface area contributed by atoms with E-state index in [1.54, 1.807) is 12.1 Å². The number of aryl methyl sites for hydroxylation is 1. The van der Waals surface area contributed by atoms with Crippen molar-refractivity contribution in [3.63, 3.8) is 0 Å². The van der Waals surface area contributed by atoms with E-state index in [1.807, 2.05) is 49.1 Å². The average molecular weight is 269 g/mol. The normalized spacial score (nSPS) is 10.3. The molecule has 0 heterocycles. The number of nitrogens with zero attached hydrogens (tertiary/aromatic N) is 1. The predicted octanol–water partition coefficient (Wildman–Crippen LogP) is 2.83. The van der Waals surface area contributed by atoms with Gasteiger partial charge >= 0.3 is 0 Å². The SMILES string of the molecule is CCN(c1ccc(C)cc1)c1ccc(N)cc1C(N)=O. The van der Waals surface area contributed by atoms with Crippen LogP contribution in [0, 0.1) is 6.92 Å². The fourth-order valence-electron chi connectivity index (χ4n) is 2.20. The van der Waals surface area contributed by atoms with Crippen molar-refractivity contribution in [3.05, 3.63) is 53.6 Å². The molecular formula is C16H19N3O. The molecule has 0 atom stereocenters. The number of amides is 1. The summed E-state index contributed by atoms with van der Waals surface area (Å²) in [6.45, 7) is 4.80. The maximum Gasteiger partial charge on any atom is 0.250 e. The quantitative estimate of drug-likeness (QED) is 0.838. The average Bonchev–Trinajstić information content (AvgIpc) is 2.43. The lowest BCUT2D eigenvalue weighted by Gasteiger charge is -2.25. The predicted molar refractivity (Wildman–Crippen MR) is 83.2 cm³/mol. The van der Waals surface area contributed by atoms with Crippen LogP contribution in [0.2, 0.25) is 0 Å². The number of hydrogen-bond acceptors (Lipinski definition) is 3. The zero-order valence-corrected chi connectivity index (χ0v) is 11.8. The molecule has 2 rings (SSSR count). The summed E-state index contributed by atoms with van der Waals surface area (Å²) in [6.07, 6.45) is 0. The van der Waals surface area contributed by atoms with Crippen LogP contribution in [-0.2, 0) is 0 Å². The molecule has 0 saturated heterocycles. The van der Waals surface area contributed by atoms with Crippen LogP contribution in [-0.4, -0.2) is 12.5 Å². The van der Waals surface area contributed by atoms with Crippen molar-refractivity contribution in [2.45, 2.75) is 13.8 Å². The van der Waals surface area contributed by atoms with Crippen LogP contribution in [0.4, 0.5) is 17.1 Å². The Morgan fingerprint density at radius 3 is 2.35 bits per heavy atom. The highest BCUT2D eigenvalue weighted by atomic mass is 16.1. The van der Waals surface area contributed by atoms with Crippen LogP contribution in [0.5, 0.6) is 0 Å². The number of benzene rings is 2. The molecule has 0 spiro atoms. The number of nitrogens with two attached hydrogens (primary N) is 2. The number of hydrogen-bond donors (Lipinski definition) is 2. The Kier molecular flexibility index (Phi) is 3.94. The molecule has 4 heteroatoms. The van der Waals surface area contributed by atoms with Gasteiger partial charge in [-0.05, 0) is 44.2 Å². The second kappa shape index (κ2) is 5.65. The number of rotatable bonds is 4. The first-order valence-corrected chi connectivity index (χ1v) is 6.56. The van der Waals surface area contributed by atoms with Gasteiger partial charge in [-0.1, -0.05) is 17.7 Å². The van der Waals surface area contributed by atoms with Gasteiger partial charge in [0.25, 0.3) is 5.91 Å². The van der Waals surface area contributed by atoms with Gasteiger partial charge in [0, 0.05) is 17.9 Å². The molecule has 4 nitrogen and oxygen atoms in total. The second-order valence-corrected chi connectivity index (χ2v) is 4.72. The monoisotopic (exact) mass is 269 g/mol. The van der Waals surface area contributed by atoms with Crippen molar-refractivity contribution >= 4 is 23.0 Å². The van der Waals surface area contributed by atoms with Gasteiger partial charge in [0.1, 0.15) is 0 Å². The number of carbonyl (C=O) groups is 1.